The molecule has 0 rings (SSSR count). The summed E-state index contributed by atoms with van der Waals surface area (Å²) < 4.78 is 32.4. The molecule has 0 bridgehead atoms. The lowest BCUT2D eigenvalue weighted by atomic mass is 10.1. The lowest BCUT2D eigenvalue weighted by Gasteiger charge is -2.43. The van der Waals surface area contributed by atoms with Crippen molar-refractivity contribution >= 4 is 36.9 Å². The molecule has 0 aliphatic rings. The minimum atomic E-state index is -2.09. The summed E-state index contributed by atoms with van der Waals surface area (Å²) >= 11 is 0. The molecule has 0 saturated carbocycles. The molecule has 2 unspecified atom stereocenters. The highest BCUT2D eigenvalue weighted by Gasteiger charge is 2.41. The Labute approximate surface area is 413 Å². The van der Waals surface area contributed by atoms with Crippen LogP contribution in [0.2, 0.25) is 54.4 Å². The zero-order valence-corrected chi connectivity index (χ0v) is 49.9. The van der Waals surface area contributed by atoms with Crippen LogP contribution >= 0.6 is 0 Å². The van der Waals surface area contributed by atoms with Crippen molar-refractivity contribution in [2.24, 2.45) is 0 Å². The number of hydrogen-bond acceptors (Lipinski definition) is 8. The van der Waals surface area contributed by atoms with Crippen molar-refractivity contribution in [1.82, 2.24) is 4.90 Å². The van der Waals surface area contributed by atoms with Gasteiger partial charge in [-0.3, -0.25) is 14.5 Å². The average Bonchev–Trinajstić information content (AvgIpc) is 3.19. The molecule has 0 saturated heterocycles. The number of rotatable bonds is 39. The van der Waals surface area contributed by atoms with Gasteiger partial charge in [0.2, 0.25) is 0 Å². The molecule has 66 heavy (non-hydrogen) atoms. The Morgan fingerprint density at radius 3 is 1.23 bits per heavy atom. The number of carbonyl (C=O) groups is 2. The van der Waals surface area contributed by atoms with Gasteiger partial charge in [-0.1, -0.05) is 165 Å². The minimum Gasteiger partial charge on any atom is -0.461 e. The summed E-state index contributed by atoms with van der Waals surface area (Å²) in [7, 11) is -6.06. The van der Waals surface area contributed by atoms with E-state index in [2.05, 4.69) is 132 Å². The number of ether oxygens (including phenoxy) is 2. The molecule has 0 heterocycles. The molecular formula is C55H111NO7Si3. The van der Waals surface area contributed by atoms with Gasteiger partial charge >= 0.3 is 11.9 Å². The van der Waals surface area contributed by atoms with Gasteiger partial charge in [0.15, 0.2) is 25.0 Å². The van der Waals surface area contributed by atoms with Crippen molar-refractivity contribution < 1.29 is 32.3 Å². The molecule has 0 amide bonds. The van der Waals surface area contributed by atoms with Crippen LogP contribution < -0.4 is 0 Å². The van der Waals surface area contributed by atoms with Gasteiger partial charge in [0, 0.05) is 39.1 Å². The summed E-state index contributed by atoms with van der Waals surface area (Å²) in [5.41, 5.74) is 0. The molecule has 11 heteroatoms. The summed E-state index contributed by atoms with van der Waals surface area (Å²) in [5, 5.41) is 0.344. The fraction of sp³-hybridized carbons (Fsp3) is 0.891. The first-order chi connectivity index (χ1) is 30.7. The lowest BCUT2D eigenvalue weighted by Crippen LogP contribution is -2.50. The van der Waals surface area contributed by atoms with Gasteiger partial charge < -0.3 is 22.8 Å². The van der Waals surface area contributed by atoms with E-state index in [0.717, 1.165) is 96.9 Å². The van der Waals surface area contributed by atoms with Crippen LogP contribution in [0.1, 0.15) is 211 Å². The molecule has 0 aromatic heterocycles. The van der Waals surface area contributed by atoms with E-state index in [4.69, 9.17) is 22.8 Å². The largest absolute Gasteiger partial charge is 0.461 e. The molecular weight excluding hydrogens is 871 g/mol. The fourth-order valence-corrected chi connectivity index (χ4v) is 10.9. The zero-order chi connectivity index (χ0) is 50.3. The number of hydrogen-bond donors (Lipinski definition) is 0. The second kappa shape index (κ2) is 34.3. The van der Waals surface area contributed by atoms with Crippen LogP contribution in [0.15, 0.2) is 24.3 Å². The van der Waals surface area contributed by atoms with Crippen LogP contribution in [0, 0.1) is 0 Å². The van der Waals surface area contributed by atoms with E-state index in [0.29, 0.717) is 26.1 Å². The maximum Gasteiger partial charge on any atom is 0.306 e. The first-order valence-electron chi connectivity index (χ1n) is 27.0. The Balaban J connectivity index is 6.00. The predicted octanol–water partition coefficient (Wildman–Crippen LogP) is 16.5. The number of nitrogens with zero attached hydrogens (tertiary/aromatic N) is 1. The van der Waals surface area contributed by atoms with Crippen molar-refractivity contribution in [2.45, 2.75) is 278 Å². The van der Waals surface area contributed by atoms with E-state index in [-0.39, 0.29) is 39.3 Å². The summed E-state index contributed by atoms with van der Waals surface area (Å²) in [5.74, 6) is -0.204. The van der Waals surface area contributed by atoms with Gasteiger partial charge in [0.25, 0.3) is 0 Å². The summed E-state index contributed by atoms with van der Waals surface area (Å²) in [4.78, 5) is 27.8. The zero-order valence-electron chi connectivity index (χ0n) is 46.9. The Hall–Kier alpha value is -1.09. The molecule has 0 aromatic carbocycles. The Bertz CT molecular complexity index is 1230. The molecule has 0 aliphatic carbocycles. The van der Waals surface area contributed by atoms with E-state index in [1.807, 2.05) is 12.2 Å². The minimum absolute atomic E-state index is 0.0806. The van der Waals surface area contributed by atoms with Crippen LogP contribution in [0.5, 0.6) is 0 Å². The fourth-order valence-electron chi connectivity index (χ4n) is 7.04. The number of allylic oxidation sites excluding steroid dienone is 2. The second-order valence-corrected chi connectivity index (χ2v) is 38.3. The number of esters is 2. The third-order valence-corrected chi connectivity index (χ3v) is 28.2. The third kappa shape index (κ3) is 31.2. The number of unbranched alkanes of at least 4 members (excludes halogenated alkanes) is 12. The maximum atomic E-state index is 12.6. The highest BCUT2D eigenvalue weighted by molar-refractivity contribution is 6.75. The smallest absolute Gasteiger partial charge is 0.306 e. The first kappa shape index (κ1) is 64.9. The molecule has 0 aliphatic heterocycles. The highest BCUT2D eigenvalue weighted by atomic mass is 28.4. The molecule has 0 radical (unpaired) electrons. The average molecular weight is 983 g/mol. The van der Waals surface area contributed by atoms with Gasteiger partial charge in [-0.25, -0.2) is 0 Å². The predicted molar refractivity (Wildman–Crippen MR) is 292 cm³/mol. The third-order valence-electron chi connectivity index (χ3n) is 14.6. The van der Waals surface area contributed by atoms with Crippen molar-refractivity contribution in [3.63, 3.8) is 0 Å². The van der Waals surface area contributed by atoms with Crippen LogP contribution in [0.3, 0.4) is 0 Å². The van der Waals surface area contributed by atoms with E-state index >= 15 is 0 Å². The molecule has 0 fully saturated rings. The summed E-state index contributed by atoms with van der Waals surface area (Å²) in [6.07, 6.45) is 30.0. The van der Waals surface area contributed by atoms with E-state index in [1.165, 1.54) is 51.4 Å². The van der Waals surface area contributed by atoms with Gasteiger partial charge in [-0.05, 0) is 112 Å². The van der Waals surface area contributed by atoms with E-state index in [1.54, 1.807) is 0 Å². The molecule has 390 valence electrons. The van der Waals surface area contributed by atoms with E-state index < -0.39 is 25.0 Å². The Kier molecular flexibility index (Phi) is 33.7. The van der Waals surface area contributed by atoms with Crippen molar-refractivity contribution in [3.05, 3.63) is 24.3 Å². The maximum absolute atomic E-state index is 12.6. The van der Waals surface area contributed by atoms with Gasteiger partial charge in [0.1, 0.15) is 13.2 Å². The van der Waals surface area contributed by atoms with Crippen LogP contribution in [-0.4, -0.2) is 93.5 Å². The second-order valence-electron chi connectivity index (χ2n) is 23.9. The first-order valence-corrected chi connectivity index (χ1v) is 35.7. The van der Waals surface area contributed by atoms with E-state index in [9.17, 15) is 9.59 Å². The van der Waals surface area contributed by atoms with Crippen molar-refractivity contribution in [3.8, 4) is 0 Å². The Morgan fingerprint density at radius 1 is 0.485 bits per heavy atom. The molecule has 2 atom stereocenters. The van der Waals surface area contributed by atoms with Crippen LogP contribution in [-0.2, 0) is 32.3 Å². The van der Waals surface area contributed by atoms with Crippen LogP contribution in [0.25, 0.3) is 0 Å². The molecule has 0 N–H and O–H groups in total. The van der Waals surface area contributed by atoms with Gasteiger partial charge in [-0.15, -0.1) is 0 Å². The molecule has 0 spiro atoms. The quantitative estimate of drug-likeness (QED) is 0.0261. The normalized spacial score (nSPS) is 14.5. The highest BCUT2D eigenvalue weighted by Crippen LogP contribution is 2.40. The number of carbonyl (C=O) groups excluding carboxylic acids is 2. The van der Waals surface area contributed by atoms with Gasteiger partial charge in [0.05, 0.1) is 12.2 Å². The molecule has 8 nitrogen and oxygen atoms in total. The molecule has 0 aromatic rings. The summed E-state index contributed by atoms with van der Waals surface area (Å²) in [6.45, 7) is 43.7. The van der Waals surface area contributed by atoms with Crippen LogP contribution in [0.4, 0.5) is 0 Å². The SMILES string of the molecule is CCCCCC/C=C\COC(=O)CCCCCC(CN(CCCO[Si](C)(C)C(C)(C)C)CC(CCCCCC(=O)OC/C=C\CCCCCC)O[Si](C)(C)C(C)(C)C)O[Si](C)(C)C(C)(C)C. The standard InChI is InChI=1S/C55H111NO7Si3/c1-18-20-22-24-26-28-36-44-59-51(57)41-34-30-32-39-49(62-65(14,15)54(6,7)8)47-56(43-38-46-61-64(12,13)53(3,4)5)48-50(63-66(16,17)55(9,10)11)40-33-31-35-42-52(58)60-45-37-29-27-25-23-21-19-2/h28-29,36-37,49-50H,18-27,30-35,38-48H2,1-17H3/b36-28-,37-29-. The van der Waals surface area contributed by atoms with Gasteiger partial charge in [-0.2, -0.15) is 0 Å². The topological polar surface area (TPSA) is 83.5 Å². The van der Waals surface area contributed by atoms with Crippen molar-refractivity contribution in [1.29, 1.82) is 0 Å². The lowest BCUT2D eigenvalue weighted by molar-refractivity contribution is -0.143. The van der Waals surface area contributed by atoms with Crippen molar-refractivity contribution in [2.75, 3.05) is 39.5 Å². The summed E-state index contributed by atoms with van der Waals surface area (Å²) in [6, 6.07) is 0. The Morgan fingerprint density at radius 2 is 0.864 bits per heavy atom. The monoisotopic (exact) mass is 982 g/mol.